The second-order valence-electron chi connectivity index (χ2n) is 5.85. The van der Waals surface area contributed by atoms with Crippen molar-refractivity contribution in [1.82, 2.24) is 0 Å². The average molecular weight is 347 g/mol. The van der Waals surface area contributed by atoms with E-state index in [0.29, 0.717) is 18.4 Å². The number of benzene rings is 2. The molecule has 24 heavy (non-hydrogen) atoms. The Labute approximate surface area is 139 Å². The summed E-state index contributed by atoms with van der Waals surface area (Å²) in [7, 11) is -4.16. The molecule has 126 valence electrons. The highest BCUT2D eigenvalue weighted by atomic mass is 32.2. The summed E-state index contributed by atoms with van der Waals surface area (Å²) in [6.07, 6.45) is 1.000. The van der Waals surface area contributed by atoms with E-state index >= 15 is 0 Å². The van der Waals surface area contributed by atoms with Gasteiger partial charge in [-0.25, -0.2) is 13.6 Å². The van der Waals surface area contributed by atoms with E-state index in [-0.39, 0.29) is 5.69 Å². The molecule has 3 N–H and O–H groups in total. The summed E-state index contributed by atoms with van der Waals surface area (Å²) in [5.41, 5.74) is 0.916. The van der Waals surface area contributed by atoms with Crippen LogP contribution in [0.4, 0.5) is 11.4 Å². The van der Waals surface area contributed by atoms with Gasteiger partial charge in [0, 0.05) is 6.54 Å². The maximum absolute atomic E-state index is 11.5. The first-order valence-electron chi connectivity index (χ1n) is 7.47. The lowest BCUT2D eigenvalue weighted by atomic mass is 10.1. The number of hydrogen-bond donors (Lipinski definition) is 2. The summed E-state index contributed by atoms with van der Waals surface area (Å²) in [5, 5.41) is 19.4. The van der Waals surface area contributed by atoms with Crippen LogP contribution in [0, 0.1) is 16.0 Å². The molecule has 3 rings (SSSR count). The minimum atomic E-state index is -4.16. The Morgan fingerprint density at radius 2 is 1.88 bits per heavy atom. The van der Waals surface area contributed by atoms with Crippen LogP contribution < -0.4 is 10.5 Å². The average Bonchev–Trinajstić information content (AvgIpc) is 3.32. The first-order valence-corrected chi connectivity index (χ1v) is 9.01. The van der Waals surface area contributed by atoms with Crippen molar-refractivity contribution in [2.75, 3.05) is 11.9 Å². The van der Waals surface area contributed by atoms with Crippen LogP contribution in [0.25, 0.3) is 0 Å². The van der Waals surface area contributed by atoms with E-state index in [1.165, 1.54) is 17.7 Å². The molecule has 0 amide bonds. The van der Waals surface area contributed by atoms with E-state index in [2.05, 4.69) is 17.4 Å². The van der Waals surface area contributed by atoms with Gasteiger partial charge in [0.2, 0.25) is 10.0 Å². The molecule has 0 unspecified atom stereocenters. The van der Waals surface area contributed by atoms with Gasteiger partial charge in [0.1, 0.15) is 5.69 Å². The van der Waals surface area contributed by atoms with Crippen molar-refractivity contribution in [1.29, 1.82) is 0 Å². The fourth-order valence-corrected chi connectivity index (χ4v) is 3.63. The quantitative estimate of drug-likeness (QED) is 0.615. The standard InChI is InChI=1S/C16H17N3O4S/c17-24(22,23)15-8-4-7-14(16(15)19(20)21)18-10-12-9-13(12)11-5-2-1-3-6-11/h1-8,12-13,18H,9-10H2,(H2,17,22,23)/t12-,13+/m0/s1. The number of primary sulfonamides is 1. The number of nitro groups is 1. The van der Waals surface area contributed by atoms with Crippen molar-refractivity contribution >= 4 is 21.4 Å². The number of para-hydroxylation sites is 1. The molecular formula is C16H17N3O4S. The molecule has 0 heterocycles. The number of anilines is 1. The zero-order valence-electron chi connectivity index (χ0n) is 12.8. The summed E-state index contributed by atoms with van der Waals surface area (Å²) in [5.74, 6) is 0.796. The van der Waals surface area contributed by atoms with Gasteiger partial charge in [-0.3, -0.25) is 10.1 Å². The Bertz CT molecular complexity index is 868. The molecule has 0 aliphatic heterocycles. The molecule has 2 aromatic rings. The zero-order chi connectivity index (χ0) is 17.3. The molecule has 2 atom stereocenters. The van der Waals surface area contributed by atoms with Crippen LogP contribution in [0.2, 0.25) is 0 Å². The minimum Gasteiger partial charge on any atom is -0.379 e. The lowest BCUT2D eigenvalue weighted by Gasteiger charge is -2.09. The van der Waals surface area contributed by atoms with Gasteiger partial charge in [-0.2, -0.15) is 0 Å². The van der Waals surface area contributed by atoms with Crippen LogP contribution in [0.5, 0.6) is 0 Å². The second kappa shape index (κ2) is 6.21. The van der Waals surface area contributed by atoms with Gasteiger partial charge in [-0.1, -0.05) is 36.4 Å². The topological polar surface area (TPSA) is 115 Å². The third kappa shape index (κ3) is 3.39. The lowest BCUT2D eigenvalue weighted by Crippen LogP contribution is -2.16. The van der Waals surface area contributed by atoms with Crippen LogP contribution in [-0.4, -0.2) is 19.9 Å². The smallest absolute Gasteiger partial charge is 0.312 e. The molecule has 0 bridgehead atoms. The third-order valence-corrected chi connectivity index (χ3v) is 5.14. The molecule has 1 aliphatic carbocycles. The first-order chi connectivity index (χ1) is 11.4. The Morgan fingerprint density at radius 1 is 1.17 bits per heavy atom. The maximum atomic E-state index is 11.5. The van der Waals surface area contributed by atoms with Gasteiger partial charge in [0.15, 0.2) is 4.90 Å². The normalized spacial score (nSPS) is 19.7. The van der Waals surface area contributed by atoms with Gasteiger partial charge in [0.25, 0.3) is 0 Å². The highest BCUT2D eigenvalue weighted by Crippen LogP contribution is 2.47. The SMILES string of the molecule is NS(=O)(=O)c1cccc(NC[C@@H]2C[C@@H]2c2ccccc2)c1[N+](=O)[O-]. The van der Waals surface area contributed by atoms with Crippen molar-refractivity contribution in [2.45, 2.75) is 17.2 Å². The summed E-state index contributed by atoms with van der Waals surface area (Å²) in [4.78, 5) is 10.1. The minimum absolute atomic E-state index is 0.172. The molecular weight excluding hydrogens is 330 g/mol. The van der Waals surface area contributed by atoms with E-state index < -0.39 is 25.5 Å². The molecule has 1 aliphatic rings. The number of nitro benzene ring substituents is 1. The van der Waals surface area contributed by atoms with E-state index in [1.54, 1.807) is 0 Å². The van der Waals surface area contributed by atoms with Gasteiger partial charge < -0.3 is 5.32 Å². The lowest BCUT2D eigenvalue weighted by molar-refractivity contribution is -0.386. The molecule has 0 saturated heterocycles. The summed E-state index contributed by atoms with van der Waals surface area (Å²) >= 11 is 0. The molecule has 7 nitrogen and oxygen atoms in total. The number of nitrogens with one attached hydrogen (secondary N) is 1. The number of rotatable bonds is 6. The molecule has 2 aromatic carbocycles. The van der Waals surface area contributed by atoms with Gasteiger partial charge in [-0.15, -0.1) is 0 Å². The fraction of sp³-hybridized carbons (Fsp3) is 0.250. The van der Waals surface area contributed by atoms with Crippen LogP contribution in [0.1, 0.15) is 17.9 Å². The fourth-order valence-electron chi connectivity index (χ4n) is 2.91. The monoisotopic (exact) mass is 347 g/mol. The number of nitrogens with two attached hydrogens (primary N) is 1. The molecule has 1 fully saturated rings. The van der Waals surface area contributed by atoms with E-state index in [4.69, 9.17) is 5.14 Å². The summed E-state index contributed by atoms with van der Waals surface area (Å²) in [6.45, 7) is 0.536. The number of nitrogens with zero attached hydrogens (tertiary/aromatic N) is 1. The van der Waals surface area contributed by atoms with Crippen molar-refractivity contribution in [2.24, 2.45) is 11.1 Å². The predicted molar refractivity (Wildman–Crippen MR) is 90.2 cm³/mol. The number of hydrogen-bond acceptors (Lipinski definition) is 5. The molecule has 0 radical (unpaired) electrons. The van der Waals surface area contributed by atoms with Crippen LogP contribution in [-0.2, 0) is 10.0 Å². The summed E-state index contributed by atoms with van der Waals surface area (Å²) in [6, 6.07) is 14.1. The Balaban J connectivity index is 1.76. The Morgan fingerprint density at radius 3 is 2.50 bits per heavy atom. The molecule has 8 heteroatoms. The third-order valence-electron chi connectivity index (χ3n) is 4.19. The largest absolute Gasteiger partial charge is 0.379 e. The van der Waals surface area contributed by atoms with Crippen molar-refractivity contribution < 1.29 is 13.3 Å². The van der Waals surface area contributed by atoms with E-state index in [9.17, 15) is 18.5 Å². The molecule has 0 spiro atoms. The maximum Gasteiger partial charge on any atom is 0.312 e. The van der Waals surface area contributed by atoms with E-state index in [0.717, 1.165) is 12.5 Å². The first kappa shape index (κ1) is 16.4. The van der Waals surface area contributed by atoms with Gasteiger partial charge in [0.05, 0.1) is 4.92 Å². The number of sulfonamides is 1. The molecule has 0 aromatic heterocycles. The van der Waals surface area contributed by atoms with Crippen LogP contribution >= 0.6 is 0 Å². The van der Waals surface area contributed by atoms with Crippen molar-refractivity contribution in [3.8, 4) is 0 Å². The molecule has 1 saturated carbocycles. The van der Waals surface area contributed by atoms with E-state index in [1.807, 2.05) is 18.2 Å². The van der Waals surface area contributed by atoms with Crippen LogP contribution in [0.3, 0.4) is 0 Å². The van der Waals surface area contributed by atoms with Crippen LogP contribution in [0.15, 0.2) is 53.4 Å². The summed E-state index contributed by atoms with van der Waals surface area (Å²) < 4.78 is 23.1. The predicted octanol–water partition coefficient (Wildman–Crippen LogP) is 2.46. The Hall–Kier alpha value is -2.45. The van der Waals surface area contributed by atoms with Crippen molar-refractivity contribution in [3.05, 3.63) is 64.2 Å². The zero-order valence-corrected chi connectivity index (χ0v) is 13.6. The highest BCUT2D eigenvalue weighted by molar-refractivity contribution is 7.89. The van der Waals surface area contributed by atoms with Crippen molar-refractivity contribution in [3.63, 3.8) is 0 Å². The second-order valence-corrected chi connectivity index (χ2v) is 7.38. The van der Waals surface area contributed by atoms with Gasteiger partial charge in [-0.05, 0) is 36.0 Å². The highest BCUT2D eigenvalue weighted by Gasteiger charge is 2.38. The van der Waals surface area contributed by atoms with Gasteiger partial charge >= 0.3 is 5.69 Å². The Kier molecular flexibility index (Phi) is 4.25.